The summed E-state index contributed by atoms with van der Waals surface area (Å²) < 4.78 is 13.9. The molecule has 3 unspecified atom stereocenters. The molecular weight excluding hydrogens is 630 g/mol. The molecule has 6 rings (SSSR count). The molecule has 1 aliphatic heterocycles. The Labute approximate surface area is 279 Å². The van der Waals surface area contributed by atoms with Crippen molar-refractivity contribution >= 4 is 12.0 Å². The third kappa shape index (κ3) is 8.25. The maximum absolute atomic E-state index is 13.2. The Morgan fingerprint density at radius 3 is 2.52 bits per heavy atom. The second-order valence-electron chi connectivity index (χ2n) is 14.0. The van der Waals surface area contributed by atoms with Gasteiger partial charge in [0, 0.05) is 25.8 Å². The number of likely N-dealkylation sites (tertiary alicyclic amines) is 1. The van der Waals surface area contributed by atoms with Crippen LogP contribution in [0.5, 0.6) is 0 Å². The molecule has 17 heteroatoms. The highest BCUT2D eigenvalue weighted by molar-refractivity contribution is 5.83. The molecule has 0 spiro atoms. The van der Waals surface area contributed by atoms with Crippen LogP contribution >= 0.6 is 0 Å². The first-order valence-corrected chi connectivity index (χ1v) is 16.8. The van der Waals surface area contributed by atoms with E-state index in [0.717, 1.165) is 38.5 Å². The summed E-state index contributed by atoms with van der Waals surface area (Å²) in [5, 5.41) is 78.7. The van der Waals surface area contributed by atoms with Gasteiger partial charge in [0.05, 0.1) is 62.0 Å². The lowest BCUT2D eigenvalue weighted by molar-refractivity contribution is -0.200. The number of hydrogen-bond acceptors (Lipinski definition) is 13. The van der Waals surface area contributed by atoms with Gasteiger partial charge in [-0.25, -0.2) is 9.48 Å². The maximum atomic E-state index is 13.2. The van der Waals surface area contributed by atoms with Crippen molar-refractivity contribution < 1.29 is 49.7 Å². The van der Waals surface area contributed by atoms with Gasteiger partial charge in [-0.1, -0.05) is 5.21 Å². The van der Waals surface area contributed by atoms with E-state index in [1.807, 2.05) is 0 Å². The average Bonchev–Trinajstić information content (AvgIpc) is 3.72. The molecule has 4 aliphatic carbocycles. The van der Waals surface area contributed by atoms with Crippen molar-refractivity contribution in [3.63, 3.8) is 0 Å². The van der Waals surface area contributed by atoms with E-state index in [1.54, 1.807) is 10.9 Å². The summed E-state index contributed by atoms with van der Waals surface area (Å²) in [6, 6.07) is 1.68. The lowest BCUT2D eigenvalue weighted by Gasteiger charge is -2.63. The third-order valence-corrected chi connectivity index (χ3v) is 10.5. The monoisotopic (exact) mass is 679 g/mol. The van der Waals surface area contributed by atoms with Gasteiger partial charge in [-0.15, -0.1) is 5.10 Å². The summed E-state index contributed by atoms with van der Waals surface area (Å²) in [5.74, 6) is 0.359. The Bertz CT molecular complexity index is 1280. The molecule has 1 aromatic rings. The average molecular weight is 680 g/mol. The van der Waals surface area contributed by atoms with Crippen molar-refractivity contribution in [3.8, 4) is 6.07 Å². The Morgan fingerprint density at radius 2 is 1.83 bits per heavy atom. The number of rotatable bonds is 18. The van der Waals surface area contributed by atoms with Gasteiger partial charge in [-0.05, 0) is 63.2 Å². The quantitative estimate of drug-likeness (QED) is 0.0866. The summed E-state index contributed by atoms with van der Waals surface area (Å²) in [6.07, 6.45) is 0.466. The highest BCUT2D eigenvalue weighted by atomic mass is 16.5. The highest BCUT2D eigenvalue weighted by Gasteiger charge is 2.61. The van der Waals surface area contributed by atoms with Crippen molar-refractivity contribution in [2.75, 3.05) is 46.1 Å². The highest BCUT2D eigenvalue weighted by Crippen LogP contribution is 2.60. The Morgan fingerprint density at radius 1 is 1.10 bits per heavy atom. The minimum atomic E-state index is -1.69. The second-order valence-corrected chi connectivity index (χ2v) is 14.0. The van der Waals surface area contributed by atoms with Crippen LogP contribution in [0.4, 0.5) is 4.79 Å². The minimum absolute atomic E-state index is 0.0930. The van der Waals surface area contributed by atoms with Crippen molar-refractivity contribution in [1.29, 1.82) is 5.26 Å². The van der Waals surface area contributed by atoms with Gasteiger partial charge >= 0.3 is 6.09 Å². The molecule has 4 bridgehead atoms. The molecule has 268 valence electrons. The van der Waals surface area contributed by atoms with Crippen LogP contribution in [0.2, 0.25) is 0 Å². The number of hydrogen-bond donors (Lipinski definition) is 7. The van der Waals surface area contributed by atoms with Crippen molar-refractivity contribution in [3.05, 3.63) is 11.9 Å². The number of aromatic nitrogens is 3. The standard InChI is InChI=1S/C31H49N7O10/c32-13-23-2-1-3-37(23)26(42)17-38(29(45)46)30-9-20-8-21(10-30)12-31(11-20,19-30)48-7-6-47-5-4-36-16-22(34-35-36)14-33-15-24(40)27(43)28(44)25(41)18-39/h16,20-21,23-25,27-28,33,39-41,43-44H,1-12,14-15,17-19H2,(H,45,46)/t20-,21?,23-,24-,25+,27+,28+,30?,31?/m0/s1. The fourth-order valence-electron chi connectivity index (χ4n) is 8.62. The number of ether oxygens (including phenoxy) is 2. The number of carbonyl (C=O) groups excluding carboxylic acids is 1. The number of aliphatic hydroxyl groups is 5. The normalized spacial score (nSPS) is 30.2. The SMILES string of the molecule is N#C[C@@H]1CCCN1C(=O)CN(C(=O)O)C12CC3C[C@H](CC(OCCOCCn4cc(CNC[C@H](O)[C@@H](O)[C@H](O)[C@H](O)CO)nn4)(C3)C1)C2. The summed E-state index contributed by atoms with van der Waals surface area (Å²) >= 11 is 0. The summed E-state index contributed by atoms with van der Waals surface area (Å²) in [6.45, 7) is 1.12. The Hall–Kier alpha value is -2.95. The Balaban J connectivity index is 1.04. The predicted molar refractivity (Wildman–Crippen MR) is 165 cm³/mol. The number of nitrogens with zero attached hydrogens (tertiary/aromatic N) is 6. The van der Waals surface area contributed by atoms with E-state index in [4.69, 9.17) is 14.6 Å². The number of amides is 2. The van der Waals surface area contributed by atoms with E-state index in [-0.39, 0.29) is 25.5 Å². The van der Waals surface area contributed by atoms with Crippen LogP contribution in [0.15, 0.2) is 6.20 Å². The first-order chi connectivity index (χ1) is 23.0. The second kappa shape index (κ2) is 15.7. The molecule has 17 nitrogen and oxygen atoms in total. The molecule has 4 saturated carbocycles. The lowest BCUT2D eigenvalue weighted by Crippen LogP contribution is -2.68. The summed E-state index contributed by atoms with van der Waals surface area (Å²) in [4.78, 5) is 28.7. The molecule has 9 atom stereocenters. The third-order valence-electron chi connectivity index (χ3n) is 10.5. The van der Waals surface area contributed by atoms with Crippen molar-refractivity contribution in [1.82, 2.24) is 30.1 Å². The first-order valence-electron chi connectivity index (χ1n) is 16.8. The first kappa shape index (κ1) is 36.3. The van der Waals surface area contributed by atoms with Gasteiger partial charge in [-0.3, -0.25) is 9.69 Å². The van der Waals surface area contributed by atoms with Crippen LogP contribution in [0.3, 0.4) is 0 Å². The number of carbonyl (C=O) groups is 2. The summed E-state index contributed by atoms with van der Waals surface area (Å²) in [5.41, 5.74) is -0.537. The predicted octanol–water partition coefficient (Wildman–Crippen LogP) is -1.58. The molecule has 7 N–H and O–H groups in total. The van der Waals surface area contributed by atoms with Crippen molar-refractivity contribution in [2.45, 2.75) is 106 Å². The molecule has 0 radical (unpaired) electrons. The molecule has 1 aromatic heterocycles. The summed E-state index contributed by atoms with van der Waals surface area (Å²) in [7, 11) is 0. The van der Waals surface area contributed by atoms with Gasteiger partial charge < -0.3 is 50.3 Å². The Kier molecular flexibility index (Phi) is 11.9. The van der Waals surface area contributed by atoms with E-state index in [9.17, 15) is 40.4 Å². The zero-order valence-electron chi connectivity index (χ0n) is 27.1. The smallest absolute Gasteiger partial charge is 0.408 e. The molecular formula is C31H49N7O10. The van der Waals surface area contributed by atoms with Crippen LogP contribution in [0.25, 0.3) is 0 Å². The number of nitrogens with one attached hydrogen (secondary N) is 1. The molecule has 5 aliphatic rings. The zero-order valence-corrected chi connectivity index (χ0v) is 27.1. The molecule has 5 fully saturated rings. The topological polar surface area (TPSA) is 247 Å². The minimum Gasteiger partial charge on any atom is -0.465 e. The van der Waals surface area contributed by atoms with Crippen LogP contribution < -0.4 is 5.32 Å². The van der Waals surface area contributed by atoms with Crippen molar-refractivity contribution in [2.24, 2.45) is 11.8 Å². The molecule has 2 amide bonds. The zero-order chi connectivity index (χ0) is 34.5. The van der Waals surface area contributed by atoms with E-state index in [0.29, 0.717) is 63.3 Å². The maximum Gasteiger partial charge on any atom is 0.408 e. The van der Waals surface area contributed by atoms with E-state index in [2.05, 4.69) is 21.7 Å². The van der Waals surface area contributed by atoms with Crippen LogP contribution in [0, 0.1) is 23.2 Å². The van der Waals surface area contributed by atoms with E-state index >= 15 is 0 Å². The van der Waals surface area contributed by atoms with Crippen LogP contribution in [-0.2, 0) is 27.4 Å². The van der Waals surface area contributed by atoms with E-state index in [1.165, 1.54) is 9.80 Å². The number of carboxylic acid groups (broad SMARTS) is 1. The molecule has 1 saturated heterocycles. The van der Waals surface area contributed by atoms with Crippen LogP contribution in [-0.4, -0.2) is 155 Å². The fraction of sp³-hybridized carbons (Fsp3) is 0.839. The van der Waals surface area contributed by atoms with Gasteiger partial charge in [0.25, 0.3) is 0 Å². The fourth-order valence-corrected chi connectivity index (χ4v) is 8.62. The number of nitriles is 1. The number of aliphatic hydroxyl groups excluding tert-OH is 5. The largest absolute Gasteiger partial charge is 0.465 e. The van der Waals surface area contributed by atoms with Gasteiger partial charge in [0.1, 0.15) is 30.9 Å². The van der Waals surface area contributed by atoms with Crippen LogP contribution in [0.1, 0.15) is 57.1 Å². The molecule has 0 aromatic carbocycles. The van der Waals surface area contributed by atoms with E-state index < -0.39 is 54.3 Å². The molecule has 48 heavy (non-hydrogen) atoms. The van der Waals surface area contributed by atoms with Gasteiger partial charge in [-0.2, -0.15) is 5.26 Å². The van der Waals surface area contributed by atoms with Gasteiger partial charge in [0.15, 0.2) is 0 Å². The molecule has 2 heterocycles. The lowest BCUT2D eigenvalue weighted by atomic mass is 9.50. The van der Waals surface area contributed by atoms with Gasteiger partial charge in [0.2, 0.25) is 5.91 Å².